The molecule has 0 aliphatic rings. The predicted octanol–water partition coefficient (Wildman–Crippen LogP) is 3.67. The molecule has 0 aliphatic heterocycles. The maximum absolute atomic E-state index is 12.5. The average molecular weight is 284 g/mol. The van der Waals surface area contributed by atoms with Crippen LogP contribution in [0.25, 0.3) is 0 Å². The van der Waals surface area contributed by atoms with Gasteiger partial charge in [0.1, 0.15) is 0 Å². The van der Waals surface area contributed by atoms with Crippen molar-refractivity contribution in [2.45, 2.75) is 26.4 Å². The molecular weight excluding hydrogens is 268 g/mol. The maximum atomic E-state index is 12.5. The third-order valence-electron chi connectivity index (χ3n) is 3.05. The van der Waals surface area contributed by atoms with E-state index < -0.39 is 0 Å². The van der Waals surface area contributed by atoms with Crippen LogP contribution in [0.1, 0.15) is 34.6 Å². The van der Waals surface area contributed by atoms with E-state index in [9.17, 15) is 4.79 Å². The topological polar surface area (TPSA) is 44.1 Å². The number of carbonyl (C=O) groups is 1. The fourth-order valence-electron chi connectivity index (χ4n) is 1.91. The van der Waals surface area contributed by atoms with Crippen LogP contribution in [0.5, 0.6) is 0 Å². The summed E-state index contributed by atoms with van der Waals surface area (Å²) in [7, 11) is 0. The molecule has 20 heavy (non-hydrogen) atoms. The molecule has 0 saturated heterocycles. The second-order valence-electron chi connectivity index (χ2n) is 4.81. The summed E-state index contributed by atoms with van der Waals surface area (Å²) in [5, 5.41) is 10.7. The summed E-state index contributed by atoms with van der Waals surface area (Å²) >= 11 is 1.46. The molecule has 2 aromatic rings. The van der Waals surface area contributed by atoms with E-state index in [1.807, 2.05) is 48.4 Å². The SMILES string of the molecule is CC(C)N(Cc1ccc(C#N)cc1)C(=O)c1cccs1. The van der Waals surface area contributed by atoms with Gasteiger partial charge in [-0.25, -0.2) is 0 Å². The zero-order valence-corrected chi connectivity index (χ0v) is 12.4. The number of rotatable bonds is 4. The van der Waals surface area contributed by atoms with Crippen LogP contribution in [-0.4, -0.2) is 16.8 Å². The summed E-state index contributed by atoms with van der Waals surface area (Å²) < 4.78 is 0. The van der Waals surface area contributed by atoms with E-state index in [1.165, 1.54) is 11.3 Å². The van der Waals surface area contributed by atoms with Crippen LogP contribution >= 0.6 is 11.3 Å². The lowest BCUT2D eigenvalue weighted by Crippen LogP contribution is -2.35. The normalized spacial score (nSPS) is 10.3. The van der Waals surface area contributed by atoms with Crippen LogP contribution in [0.4, 0.5) is 0 Å². The van der Waals surface area contributed by atoms with Gasteiger partial charge >= 0.3 is 0 Å². The Kier molecular flexibility index (Phi) is 4.54. The van der Waals surface area contributed by atoms with Crippen molar-refractivity contribution in [3.63, 3.8) is 0 Å². The molecule has 0 atom stereocenters. The number of nitrogens with zero attached hydrogens (tertiary/aromatic N) is 2. The third kappa shape index (κ3) is 3.25. The molecule has 4 heteroatoms. The van der Waals surface area contributed by atoms with Crippen molar-refractivity contribution in [2.24, 2.45) is 0 Å². The van der Waals surface area contributed by atoms with Crippen molar-refractivity contribution in [3.8, 4) is 6.07 Å². The van der Waals surface area contributed by atoms with E-state index in [0.29, 0.717) is 12.1 Å². The number of nitriles is 1. The second kappa shape index (κ2) is 6.36. The molecular formula is C16H16N2OS. The van der Waals surface area contributed by atoms with E-state index in [-0.39, 0.29) is 11.9 Å². The molecule has 0 aliphatic carbocycles. The van der Waals surface area contributed by atoms with Gasteiger partial charge in [0.15, 0.2) is 0 Å². The monoisotopic (exact) mass is 284 g/mol. The van der Waals surface area contributed by atoms with E-state index in [1.54, 1.807) is 12.1 Å². The minimum Gasteiger partial charge on any atom is -0.331 e. The minimum absolute atomic E-state index is 0.0550. The van der Waals surface area contributed by atoms with Crippen LogP contribution in [0.3, 0.4) is 0 Å². The first kappa shape index (κ1) is 14.3. The highest BCUT2D eigenvalue weighted by atomic mass is 32.1. The van der Waals surface area contributed by atoms with Gasteiger partial charge in [-0.1, -0.05) is 18.2 Å². The number of amides is 1. The first-order chi connectivity index (χ1) is 9.61. The molecule has 0 unspecified atom stereocenters. The zero-order chi connectivity index (χ0) is 14.5. The highest BCUT2D eigenvalue weighted by Crippen LogP contribution is 2.17. The molecule has 0 radical (unpaired) electrons. The van der Waals surface area contributed by atoms with Gasteiger partial charge in [0.2, 0.25) is 0 Å². The second-order valence-corrected chi connectivity index (χ2v) is 5.76. The first-order valence-electron chi connectivity index (χ1n) is 6.45. The molecule has 3 nitrogen and oxygen atoms in total. The lowest BCUT2D eigenvalue weighted by Gasteiger charge is -2.26. The standard InChI is InChI=1S/C16H16N2OS/c1-12(2)18(16(19)15-4-3-9-20-15)11-14-7-5-13(10-17)6-8-14/h3-9,12H,11H2,1-2H3. The Morgan fingerprint density at radius 1 is 1.30 bits per heavy atom. The summed E-state index contributed by atoms with van der Waals surface area (Å²) in [5.74, 6) is 0.0550. The van der Waals surface area contributed by atoms with E-state index >= 15 is 0 Å². The Balaban J connectivity index is 2.17. The molecule has 1 aromatic carbocycles. The molecule has 0 bridgehead atoms. The quantitative estimate of drug-likeness (QED) is 0.859. The Morgan fingerprint density at radius 3 is 2.50 bits per heavy atom. The molecule has 1 amide bonds. The van der Waals surface area contributed by atoms with Gasteiger partial charge in [-0.2, -0.15) is 5.26 Å². The molecule has 1 heterocycles. The molecule has 2 rings (SSSR count). The van der Waals surface area contributed by atoms with Crippen LogP contribution in [-0.2, 0) is 6.54 Å². The fraction of sp³-hybridized carbons (Fsp3) is 0.250. The van der Waals surface area contributed by atoms with Gasteiger partial charge in [0.05, 0.1) is 16.5 Å². The molecule has 0 fully saturated rings. The summed E-state index contributed by atoms with van der Waals surface area (Å²) in [6.45, 7) is 4.57. The number of hydrogen-bond acceptors (Lipinski definition) is 3. The fourth-order valence-corrected chi connectivity index (χ4v) is 2.59. The van der Waals surface area contributed by atoms with Crippen LogP contribution in [0.2, 0.25) is 0 Å². The predicted molar refractivity (Wildman–Crippen MR) is 80.5 cm³/mol. The van der Waals surface area contributed by atoms with Crippen molar-refractivity contribution in [1.29, 1.82) is 5.26 Å². The highest BCUT2D eigenvalue weighted by Gasteiger charge is 2.19. The van der Waals surface area contributed by atoms with Gasteiger partial charge in [-0.05, 0) is 43.0 Å². The number of carbonyl (C=O) groups excluding carboxylic acids is 1. The van der Waals surface area contributed by atoms with Crippen molar-refractivity contribution >= 4 is 17.2 Å². The van der Waals surface area contributed by atoms with Crippen molar-refractivity contribution in [1.82, 2.24) is 4.90 Å². The summed E-state index contributed by atoms with van der Waals surface area (Å²) in [5.41, 5.74) is 1.66. The average Bonchev–Trinajstić information content (AvgIpc) is 2.98. The number of benzene rings is 1. The first-order valence-corrected chi connectivity index (χ1v) is 7.33. The van der Waals surface area contributed by atoms with Gasteiger partial charge in [0.25, 0.3) is 5.91 Å². The lowest BCUT2D eigenvalue weighted by atomic mass is 10.1. The van der Waals surface area contributed by atoms with Crippen molar-refractivity contribution in [2.75, 3.05) is 0 Å². The molecule has 0 saturated carbocycles. The molecule has 0 spiro atoms. The zero-order valence-electron chi connectivity index (χ0n) is 11.5. The Morgan fingerprint density at radius 2 is 2.00 bits per heavy atom. The Hall–Kier alpha value is -2.12. The smallest absolute Gasteiger partial charge is 0.264 e. The Bertz CT molecular complexity index is 609. The van der Waals surface area contributed by atoms with E-state index in [4.69, 9.17) is 5.26 Å². The largest absolute Gasteiger partial charge is 0.331 e. The summed E-state index contributed by atoms with van der Waals surface area (Å²) in [4.78, 5) is 15.1. The van der Waals surface area contributed by atoms with Gasteiger partial charge < -0.3 is 4.90 Å². The maximum Gasteiger partial charge on any atom is 0.264 e. The van der Waals surface area contributed by atoms with Gasteiger partial charge in [-0.3, -0.25) is 4.79 Å². The van der Waals surface area contributed by atoms with Crippen LogP contribution in [0, 0.1) is 11.3 Å². The van der Waals surface area contributed by atoms with Crippen LogP contribution in [0.15, 0.2) is 41.8 Å². The van der Waals surface area contributed by atoms with E-state index in [0.717, 1.165) is 10.4 Å². The van der Waals surface area contributed by atoms with Crippen molar-refractivity contribution < 1.29 is 4.79 Å². The molecule has 1 aromatic heterocycles. The Labute approximate surface area is 123 Å². The summed E-state index contributed by atoms with van der Waals surface area (Å²) in [6, 6.07) is 13.3. The highest BCUT2D eigenvalue weighted by molar-refractivity contribution is 7.12. The number of hydrogen-bond donors (Lipinski definition) is 0. The van der Waals surface area contributed by atoms with Crippen LogP contribution < -0.4 is 0 Å². The summed E-state index contributed by atoms with van der Waals surface area (Å²) in [6.07, 6.45) is 0. The minimum atomic E-state index is 0.0550. The van der Waals surface area contributed by atoms with Gasteiger partial charge in [0, 0.05) is 12.6 Å². The van der Waals surface area contributed by atoms with Gasteiger partial charge in [-0.15, -0.1) is 11.3 Å². The van der Waals surface area contributed by atoms with Crippen molar-refractivity contribution in [3.05, 3.63) is 57.8 Å². The lowest BCUT2D eigenvalue weighted by molar-refractivity contribution is 0.0695. The molecule has 0 N–H and O–H groups in total. The molecule has 102 valence electrons. The third-order valence-corrected chi connectivity index (χ3v) is 3.91. The van der Waals surface area contributed by atoms with E-state index in [2.05, 4.69) is 6.07 Å². The number of thiophene rings is 1.